The highest BCUT2D eigenvalue weighted by atomic mass is 79.9. The minimum absolute atomic E-state index is 0.790. The zero-order chi connectivity index (χ0) is 12.4. The Hall–Kier alpha value is -1.20. The van der Waals surface area contributed by atoms with Gasteiger partial charge in [-0.15, -0.1) is 0 Å². The molecule has 0 fully saturated rings. The van der Waals surface area contributed by atoms with Gasteiger partial charge in [-0.1, -0.05) is 22.0 Å². The van der Waals surface area contributed by atoms with Gasteiger partial charge in [0.1, 0.15) is 11.6 Å². The molecule has 0 aliphatic carbocycles. The molecule has 0 radical (unpaired) electrons. The summed E-state index contributed by atoms with van der Waals surface area (Å²) >= 11 is 3.49. The van der Waals surface area contributed by atoms with E-state index in [1.165, 1.54) is 5.56 Å². The summed E-state index contributed by atoms with van der Waals surface area (Å²) < 4.78 is 2.92. The minimum Gasteiger partial charge on any atom is -0.316 e. The van der Waals surface area contributed by atoms with Gasteiger partial charge >= 0.3 is 0 Å². The summed E-state index contributed by atoms with van der Waals surface area (Å²) in [5, 5.41) is 7.58. The quantitative estimate of drug-likeness (QED) is 0.945. The number of aryl methyl sites for hydroxylation is 2. The molecule has 90 valence electrons. The Balaban J connectivity index is 2.56. The predicted octanol–water partition coefficient (Wildman–Crippen LogP) is 2.37. The first-order valence-corrected chi connectivity index (χ1v) is 6.25. The maximum atomic E-state index is 4.42. The van der Waals surface area contributed by atoms with Crippen LogP contribution in [0.15, 0.2) is 22.7 Å². The van der Waals surface area contributed by atoms with Crippen LogP contribution in [0, 0.1) is 13.8 Å². The normalized spacial score (nSPS) is 10.8. The van der Waals surface area contributed by atoms with Gasteiger partial charge in [0.25, 0.3) is 0 Å². The van der Waals surface area contributed by atoms with Gasteiger partial charge in [0.2, 0.25) is 0 Å². The summed E-state index contributed by atoms with van der Waals surface area (Å²) in [4.78, 5) is 4.33. The molecule has 1 heterocycles. The van der Waals surface area contributed by atoms with Crippen molar-refractivity contribution in [1.29, 1.82) is 0 Å². The molecule has 17 heavy (non-hydrogen) atoms. The number of rotatable bonds is 3. The summed E-state index contributed by atoms with van der Waals surface area (Å²) in [5.41, 5.74) is 2.26. The SMILES string of the molecule is CNCc1ccc(Br)cc1-n1nc(C)nc1C. The van der Waals surface area contributed by atoms with E-state index >= 15 is 0 Å². The van der Waals surface area contributed by atoms with E-state index in [2.05, 4.69) is 43.5 Å². The lowest BCUT2D eigenvalue weighted by atomic mass is 10.2. The molecule has 0 atom stereocenters. The molecular weight excluding hydrogens is 280 g/mol. The van der Waals surface area contributed by atoms with Gasteiger partial charge in [-0.2, -0.15) is 5.10 Å². The third-order valence-corrected chi connectivity index (χ3v) is 3.01. The molecule has 0 saturated heterocycles. The van der Waals surface area contributed by atoms with Crippen molar-refractivity contribution < 1.29 is 0 Å². The van der Waals surface area contributed by atoms with Gasteiger partial charge in [0, 0.05) is 11.0 Å². The van der Waals surface area contributed by atoms with Crippen molar-refractivity contribution in [2.24, 2.45) is 0 Å². The molecule has 4 nitrogen and oxygen atoms in total. The monoisotopic (exact) mass is 294 g/mol. The second kappa shape index (κ2) is 4.98. The van der Waals surface area contributed by atoms with Crippen LogP contribution < -0.4 is 5.32 Å². The van der Waals surface area contributed by atoms with E-state index in [0.717, 1.165) is 28.4 Å². The van der Waals surface area contributed by atoms with Crippen LogP contribution in [-0.4, -0.2) is 21.8 Å². The van der Waals surface area contributed by atoms with E-state index < -0.39 is 0 Å². The highest BCUT2D eigenvalue weighted by Gasteiger charge is 2.10. The van der Waals surface area contributed by atoms with Crippen molar-refractivity contribution in [2.75, 3.05) is 7.05 Å². The fourth-order valence-electron chi connectivity index (χ4n) is 1.82. The van der Waals surface area contributed by atoms with E-state index in [1.807, 2.05) is 31.6 Å². The molecule has 0 unspecified atom stereocenters. The second-order valence-electron chi connectivity index (χ2n) is 3.92. The smallest absolute Gasteiger partial charge is 0.148 e. The molecular formula is C12H15BrN4. The lowest BCUT2D eigenvalue weighted by Gasteiger charge is -2.10. The number of halogens is 1. The third-order valence-electron chi connectivity index (χ3n) is 2.52. The van der Waals surface area contributed by atoms with Crippen molar-refractivity contribution >= 4 is 15.9 Å². The number of benzene rings is 1. The third kappa shape index (κ3) is 2.56. The maximum Gasteiger partial charge on any atom is 0.148 e. The minimum atomic E-state index is 0.790. The predicted molar refractivity (Wildman–Crippen MR) is 71.3 cm³/mol. The fourth-order valence-corrected chi connectivity index (χ4v) is 2.17. The van der Waals surface area contributed by atoms with E-state index in [1.54, 1.807) is 0 Å². The van der Waals surface area contributed by atoms with Gasteiger partial charge in [0.15, 0.2) is 0 Å². The topological polar surface area (TPSA) is 42.7 Å². The number of hydrogen-bond donors (Lipinski definition) is 1. The maximum absolute atomic E-state index is 4.42. The van der Waals surface area contributed by atoms with Gasteiger partial charge in [-0.3, -0.25) is 0 Å². The molecule has 0 spiro atoms. The van der Waals surface area contributed by atoms with Crippen LogP contribution in [0.4, 0.5) is 0 Å². The molecule has 0 aliphatic rings. The Morgan fingerprint density at radius 1 is 1.35 bits per heavy atom. The Morgan fingerprint density at radius 3 is 2.71 bits per heavy atom. The van der Waals surface area contributed by atoms with Crippen LogP contribution in [0.1, 0.15) is 17.2 Å². The van der Waals surface area contributed by atoms with E-state index in [9.17, 15) is 0 Å². The lowest BCUT2D eigenvalue weighted by Crippen LogP contribution is -2.10. The van der Waals surface area contributed by atoms with Crippen molar-refractivity contribution in [3.63, 3.8) is 0 Å². The van der Waals surface area contributed by atoms with Gasteiger partial charge < -0.3 is 5.32 Å². The van der Waals surface area contributed by atoms with Crippen LogP contribution in [-0.2, 0) is 6.54 Å². The average molecular weight is 295 g/mol. The molecule has 0 aliphatic heterocycles. The zero-order valence-electron chi connectivity index (χ0n) is 10.2. The molecule has 1 aromatic heterocycles. The van der Waals surface area contributed by atoms with E-state index in [0.29, 0.717) is 0 Å². The molecule has 1 N–H and O–H groups in total. The number of nitrogens with one attached hydrogen (secondary N) is 1. The van der Waals surface area contributed by atoms with Crippen LogP contribution in [0.3, 0.4) is 0 Å². The van der Waals surface area contributed by atoms with Crippen LogP contribution >= 0.6 is 15.9 Å². The molecule has 2 aromatic rings. The molecule has 0 saturated carbocycles. The summed E-state index contributed by atoms with van der Waals surface area (Å²) in [6.07, 6.45) is 0. The standard InChI is InChI=1S/C12H15BrN4/c1-8-15-9(2)17(16-8)12-6-11(13)5-4-10(12)7-14-3/h4-6,14H,7H2,1-3H3. The summed E-state index contributed by atoms with van der Waals surface area (Å²) in [7, 11) is 1.94. The first kappa shape index (κ1) is 12.3. The van der Waals surface area contributed by atoms with E-state index in [4.69, 9.17) is 0 Å². The molecule has 1 aromatic carbocycles. The number of nitrogens with zero attached hydrogens (tertiary/aromatic N) is 3. The molecule has 2 rings (SSSR count). The first-order chi connectivity index (χ1) is 8.11. The summed E-state index contributed by atoms with van der Waals surface area (Å²) in [6, 6.07) is 6.19. The summed E-state index contributed by atoms with van der Waals surface area (Å²) in [5.74, 6) is 1.69. The Morgan fingerprint density at radius 2 is 2.12 bits per heavy atom. The van der Waals surface area contributed by atoms with Crippen LogP contribution in [0.5, 0.6) is 0 Å². The number of aromatic nitrogens is 3. The molecule has 0 amide bonds. The highest BCUT2D eigenvalue weighted by Crippen LogP contribution is 2.21. The van der Waals surface area contributed by atoms with Crippen molar-refractivity contribution in [3.8, 4) is 5.69 Å². The Bertz CT molecular complexity index is 533. The van der Waals surface area contributed by atoms with Crippen LogP contribution in [0.2, 0.25) is 0 Å². The van der Waals surface area contributed by atoms with Gasteiger partial charge in [-0.25, -0.2) is 9.67 Å². The first-order valence-electron chi connectivity index (χ1n) is 5.45. The molecule has 5 heteroatoms. The van der Waals surface area contributed by atoms with Crippen molar-refractivity contribution in [1.82, 2.24) is 20.1 Å². The van der Waals surface area contributed by atoms with Gasteiger partial charge in [0.05, 0.1) is 5.69 Å². The zero-order valence-corrected chi connectivity index (χ0v) is 11.7. The van der Waals surface area contributed by atoms with Crippen LogP contribution in [0.25, 0.3) is 5.69 Å². The fraction of sp³-hybridized carbons (Fsp3) is 0.333. The number of hydrogen-bond acceptors (Lipinski definition) is 3. The average Bonchev–Trinajstić information content (AvgIpc) is 2.61. The summed E-state index contributed by atoms with van der Waals surface area (Å²) in [6.45, 7) is 4.67. The highest BCUT2D eigenvalue weighted by molar-refractivity contribution is 9.10. The molecule has 0 bridgehead atoms. The van der Waals surface area contributed by atoms with Crippen molar-refractivity contribution in [3.05, 3.63) is 39.9 Å². The Labute approximate surface area is 109 Å². The van der Waals surface area contributed by atoms with Gasteiger partial charge in [-0.05, 0) is 38.6 Å². The Kier molecular flexibility index (Phi) is 3.59. The second-order valence-corrected chi connectivity index (χ2v) is 4.84. The largest absolute Gasteiger partial charge is 0.316 e. The lowest BCUT2D eigenvalue weighted by molar-refractivity contribution is 0.773. The van der Waals surface area contributed by atoms with Crippen molar-refractivity contribution in [2.45, 2.75) is 20.4 Å². The van der Waals surface area contributed by atoms with E-state index in [-0.39, 0.29) is 0 Å².